The molecule has 2 fully saturated rings. The van der Waals surface area contributed by atoms with Crippen molar-refractivity contribution in [1.82, 2.24) is 10.2 Å². The Hall–Kier alpha value is -2.04. The summed E-state index contributed by atoms with van der Waals surface area (Å²) in [5, 5.41) is 12.3. The normalized spacial score (nSPS) is 27.0. The Kier molecular flexibility index (Phi) is 5.38. The van der Waals surface area contributed by atoms with Crippen molar-refractivity contribution in [2.45, 2.75) is 44.6 Å². The lowest BCUT2D eigenvalue weighted by Gasteiger charge is -2.32. The van der Waals surface area contributed by atoms with Gasteiger partial charge in [-0.15, -0.1) is 0 Å². The number of benzene rings is 1. The minimum Gasteiger partial charge on any atom is -0.481 e. The number of nitrogens with one attached hydrogen (secondary N) is 1. The molecule has 1 aliphatic heterocycles. The van der Waals surface area contributed by atoms with Crippen molar-refractivity contribution < 1.29 is 14.7 Å². The molecule has 2 amide bonds. The van der Waals surface area contributed by atoms with E-state index < -0.39 is 11.9 Å². The van der Waals surface area contributed by atoms with Crippen LogP contribution in [0.2, 0.25) is 0 Å². The van der Waals surface area contributed by atoms with Crippen LogP contribution in [0.1, 0.15) is 37.7 Å². The van der Waals surface area contributed by atoms with Crippen LogP contribution in [-0.2, 0) is 11.2 Å². The summed E-state index contributed by atoms with van der Waals surface area (Å²) in [7, 11) is 0. The summed E-state index contributed by atoms with van der Waals surface area (Å²) < 4.78 is 0. The second-order valence-electron chi connectivity index (χ2n) is 7.06. The fraction of sp³-hybridized carbons (Fsp3) is 0.579. The average Bonchev–Trinajstić information content (AvgIpc) is 3.02. The molecule has 3 unspecified atom stereocenters. The van der Waals surface area contributed by atoms with Crippen LogP contribution in [0.4, 0.5) is 4.79 Å². The molecule has 0 radical (unpaired) electrons. The summed E-state index contributed by atoms with van der Waals surface area (Å²) in [5.41, 5.74) is 1.31. The standard InChI is InChI=1S/C19H26N2O3/c22-18(23)16-9-5-11-21(13-16)19(24)20-17-10-4-8-15(17)12-14-6-2-1-3-7-14/h1-3,6-7,15-17H,4-5,8-13H2,(H,20,24)(H,22,23). The molecule has 3 rings (SSSR count). The van der Waals surface area contributed by atoms with Gasteiger partial charge >= 0.3 is 12.0 Å². The summed E-state index contributed by atoms with van der Waals surface area (Å²) >= 11 is 0. The molecule has 5 heteroatoms. The van der Waals surface area contributed by atoms with Gasteiger partial charge in [0.05, 0.1) is 5.92 Å². The number of carbonyl (C=O) groups excluding carboxylic acids is 1. The highest BCUT2D eigenvalue weighted by atomic mass is 16.4. The Bertz CT molecular complexity index is 575. The van der Waals surface area contributed by atoms with Crippen molar-refractivity contribution >= 4 is 12.0 Å². The molecule has 0 spiro atoms. The number of nitrogens with zero attached hydrogens (tertiary/aromatic N) is 1. The van der Waals surface area contributed by atoms with Crippen molar-refractivity contribution in [3.05, 3.63) is 35.9 Å². The zero-order valence-electron chi connectivity index (χ0n) is 14.0. The van der Waals surface area contributed by atoms with Gasteiger partial charge in [0.15, 0.2) is 0 Å². The summed E-state index contributed by atoms with van der Waals surface area (Å²) in [6.07, 6.45) is 5.71. The van der Waals surface area contributed by atoms with E-state index in [1.54, 1.807) is 4.90 Å². The summed E-state index contributed by atoms with van der Waals surface area (Å²) in [6.45, 7) is 0.989. The van der Waals surface area contributed by atoms with Gasteiger partial charge in [0.2, 0.25) is 0 Å². The van der Waals surface area contributed by atoms with Crippen LogP contribution in [0.25, 0.3) is 0 Å². The Labute approximate surface area is 143 Å². The summed E-state index contributed by atoms with van der Waals surface area (Å²) in [4.78, 5) is 25.4. The van der Waals surface area contributed by atoms with Crippen molar-refractivity contribution in [3.63, 3.8) is 0 Å². The molecule has 1 aliphatic carbocycles. The van der Waals surface area contributed by atoms with Crippen LogP contribution in [-0.4, -0.2) is 41.1 Å². The smallest absolute Gasteiger partial charge is 0.317 e. The van der Waals surface area contributed by atoms with Crippen LogP contribution in [0, 0.1) is 11.8 Å². The molecule has 1 saturated heterocycles. The molecule has 0 bridgehead atoms. The predicted octanol–water partition coefficient (Wildman–Crippen LogP) is 2.90. The molecule has 3 atom stereocenters. The summed E-state index contributed by atoms with van der Waals surface area (Å²) in [6, 6.07) is 10.5. The van der Waals surface area contributed by atoms with E-state index in [0.717, 1.165) is 32.1 Å². The minimum absolute atomic E-state index is 0.0917. The molecule has 2 N–H and O–H groups in total. The van der Waals surface area contributed by atoms with E-state index in [1.165, 1.54) is 5.56 Å². The molecule has 5 nitrogen and oxygen atoms in total. The minimum atomic E-state index is -0.796. The van der Waals surface area contributed by atoms with Gasteiger partial charge in [0, 0.05) is 19.1 Å². The van der Waals surface area contributed by atoms with Crippen molar-refractivity contribution in [3.8, 4) is 0 Å². The molecule has 1 aromatic rings. The molecular weight excluding hydrogens is 304 g/mol. The third-order valence-electron chi connectivity index (χ3n) is 5.37. The third-order valence-corrected chi connectivity index (χ3v) is 5.37. The van der Waals surface area contributed by atoms with Gasteiger partial charge in [0.1, 0.15) is 0 Å². The molecule has 2 aliphatic rings. The van der Waals surface area contributed by atoms with Gasteiger partial charge in [-0.2, -0.15) is 0 Å². The first-order valence-corrected chi connectivity index (χ1v) is 8.95. The second kappa shape index (κ2) is 7.69. The molecular formula is C19H26N2O3. The highest BCUT2D eigenvalue weighted by molar-refractivity contribution is 5.76. The number of piperidine rings is 1. The lowest BCUT2D eigenvalue weighted by Crippen LogP contribution is -2.50. The predicted molar refractivity (Wildman–Crippen MR) is 91.7 cm³/mol. The number of likely N-dealkylation sites (tertiary alicyclic amines) is 1. The number of rotatable bonds is 4. The van der Waals surface area contributed by atoms with Crippen LogP contribution in [0.5, 0.6) is 0 Å². The van der Waals surface area contributed by atoms with Crippen LogP contribution < -0.4 is 5.32 Å². The van der Waals surface area contributed by atoms with Gasteiger partial charge in [-0.1, -0.05) is 36.8 Å². The molecule has 1 aromatic carbocycles. The maximum Gasteiger partial charge on any atom is 0.317 e. The van der Waals surface area contributed by atoms with E-state index in [4.69, 9.17) is 5.11 Å². The molecule has 1 saturated carbocycles. The van der Waals surface area contributed by atoms with Gasteiger partial charge in [-0.05, 0) is 43.6 Å². The zero-order valence-corrected chi connectivity index (χ0v) is 14.0. The Morgan fingerprint density at radius 2 is 1.92 bits per heavy atom. The number of amides is 2. The van der Waals surface area contributed by atoms with E-state index >= 15 is 0 Å². The number of aliphatic carboxylic acids is 1. The quantitative estimate of drug-likeness (QED) is 0.892. The van der Waals surface area contributed by atoms with E-state index in [1.807, 2.05) is 6.07 Å². The largest absolute Gasteiger partial charge is 0.481 e. The van der Waals surface area contributed by atoms with Gasteiger partial charge in [-0.25, -0.2) is 4.79 Å². The summed E-state index contributed by atoms with van der Waals surface area (Å²) in [5.74, 6) is -0.750. The van der Waals surface area contributed by atoms with E-state index in [2.05, 4.69) is 29.6 Å². The zero-order chi connectivity index (χ0) is 16.9. The van der Waals surface area contributed by atoms with Crippen molar-refractivity contribution in [1.29, 1.82) is 0 Å². The number of hydrogen-bond donors (Lipinski definition) is 2. The molecule has 130 valence electrons. The van der Waals surface area contributed by atoms with Crippen LogP contribution in [0.3, 0.4) is 0 Å². The highest BCUT2D eigenvalue weighted by Gasteiger charge is 2.32. The maximum absolute atomic E-state index is 12.5. The molecule has 0 aromatic heterocycles. The van der Waals surface area contributed by atoms with Gasteiger partial charge < -0.3 is 15.3 Å². The van der Waals surface area contributed by atoms with Crippen LogP contribution in [0.15, 0.2) is 30.3 Å². The van der Waals surface area contributed by atoms with Gasteiger partial charge in [0.25, 0.3) is 0 Å². The van der Waals surface area contributed by atoms with Crippen LogP contribution >= 0.6 is 0 Å². The number of carboxylic acid groups (broad SMARTS) is 1. The number of carbonyl (C=O) groups is 2. The Morgan fingerprint density at radius 3 is 2.67 bits per heavy atom. The fourth-order valence-corrected chi connectivity index (χ4v) is 4.00. The molecule has 24 heavy (non-hydrogen) atoms. The monoisotopic (exact) mass is 330 g/mol. The topological polar surface area (TPSA) is 69.6 Å². The molecule has 1 heterocycles. The van der Waals surface area contributed by atoms with E-state index in [9.17, 15) is 9.59 Å². The average molecular weight is 330 g/mol. The van der Waals surface area contributed by atoms with Crippen molar-refractivity contribution in [2.75, 3.05) is 13.1 Å². The van der Waals surface area contributed by atoms with Crippen molar-refractivity contribution in [2.24, 2.45) is 11.8 Å². The number of hydrogen-bond acceptors (Lipinski definition) is 2. The van der Waals surface area contributed by atoms with E-state index in [0.29, 0.717) is 25.4 Å². The first-order chi connectivity index (χ1) is 11.6. The Balaban J connectivity index is 1.56. The highest BCUT2D eigenvalue weighted by Crippen LogP contribution is 2.29. The second-order valence-corrected chi connectivity index (χ2v) is 7.06. The maximum atomic E-state index is 12.5. The lowest BCUT2D eigenvalue weighted by molar-refractivity contribution is -0.143. The first-order valence-electron chi connectivity index (χ1n) is 8.95. The number of urea groups is 1. The van der Waals surface area contributed by atoms with Gasteiger partial charge in [-0.3, -0.25) is 4.79 Å². The third kappa shape index (κ3) is 4.08. The SMILES string of the molecule is O=C(O)C1CCCN(C(=O)NC2CCCC2Cc2ccccc2)C1. The number of carboxylic acids is 1. The fourth-order valence-electron chi connectivity index (χ4n) is 4.00. The lowest BCUT2D eigenvalue weighted by atomic mass is 9.94. The van der Waals surface area contributed by atoms with E-state index in [-0.39, 0.29) is 12.1 Å². The Morgan fingerprint density at radius 1 is 1.12 bits per heavy atom. The first kappa shape index (κ1) is 16.8.